The lowest BCUT2D eigenvalue weighted by Crippen LogP contribution is -2.49. The molecule has 0 aliphatic carbocycles. The van der Waals surface area contributed by atoms with Gasteiger partial charge in [0.05, 0.1) is 6.61 Å². The molecule has 31 heavy (non-hydrogen) atoms. The SMILES string of the molecule is CC[C@@H](C)NC(=O)[C@@H](C)N(Cc1ccc(Br)cc1)C(=O)CCCOc1ccc(C)cc1. The van der Waals surface area contributed by atoms with E-state index in [0.29, 0.717) is 26.0 Å². The molecule has 2 amide bonds. The molecule has 168 valence electrons. The first kappa shape index (κ1) is 24.9. The summed E-state index contributed by atoms with van der Waals surface area (Å²) in [5, 5.41) is 2.99. The van der Waals surface area contributed by atoms with E-state index in [1.165, 1.54) is 5.56 Å². The molecule has 0 spiro atoms. The van der Waals surface area contributed by atoms with Gasteiger partial charge in [0.1, 0.15) is 11.8 Å². The molecule has 2 aromatic rings. The molecule has 0 saturated heterocycles. The summed E-state index contributed by atoms with van der Waals surface area (Å²) in [6.07, 6.45) is 1.75. The van der Waals surface area contributed by atoms with Crippen molar-refractivity contribution in [3.05, 3.63) is 64.1 Å². The highest BCUT2D eigenvalue weighted by Gasteiger charge is 2.26. The fraction of sp³-hybridized carbons (Fsp3) is 0.440. The van der Waals surface area contributed by atoms with E-state index in [0.717, 1.165) is 22.2 Å². The van der Waals surface area contributed by atoms with Gasteiger partial charge in [0.25, 0.3) is 0 Å². The molecule has 5 nitrogen and oxygen atoms in total. The third-order valence-electron chi connectivity index (χ3n) is 5.26. The second-order valence-corrected chi connectivity index (χ2v) is 8.82. The summed E-state index contributed by atoms with van der Waals surface area (Å²) < 4.78 is 6.72. The van der Waals surface area contributed by atoms with Gasteiger partial charge in [-0.2, -0.15) is 0 Å². The second kappa shape index (κ2) is 12.5. The van der Waals surface area contributed by atoms with E-state index in [2.05, 4.69) is 21.2 Å². The smallest absolute Gasteiger partial charge is 0.242 e. The summed E-state index contributed by atoms with van der Waals surface area (Å²) in [4.78, 5) is 27.4. The lowest BCUT2D eigenvalue weighted by Gasteiger charge is -2.29. The van der Waals surface area contributed by atoms with Crippen LogP contribution >= 0.6 is 15.9 Å². The summed E-state index contributed by atoms with van der Waals surface area (Å²) in [5.41, 5.74) is 2.16. The fourth-order valence-corrected chi connectivity index (χ4v) is 3.29. The van der Waals surface area contributed by atoms with Crippen molar-refractivity contribution in [2.24, 2.45) is 0 Å². The summed E-state index contributed by atoms with van der Waals surface area (Å²) in [6.45, 7) is 8.65. The number of carbonyl (C=O) groups is 2. The van der Waals surface area contributed by atoms with Gasteiger partial charge in [0.2, 0.25) is 11.8 Å². The number of aryl methyl sites for hydroxylation is 1. The molecule has 6 heteroatoms. The second-order valence-electron chi connectivity index (χ2n) is 7.91. The van der Waals surface area contributed by atoms with E-state index >= 15 is 0 Å². The summed E-state index contributed by atoms with van der Waals surface area (Å²) in [7, 11) is 0. The largest absolute Gasteiger partial charge is 0.494 e. The van der Waals surface area contributed by atoms with Crippen molar-refractivity contribution in [3.8, 4) is 5.75 Å². The lowest BCUT2D eigenvalue weighted by molar-refractivity contribution is -0.141. The Morgan fingerprint density at radius 3 is 2.32 bits per heavy atom. The van der Waals surface area contributed by atoms with Crippen molar-refractivity contribution in [1.82, 2.24) is 10.2 Å². The van der Waals surface area contributed by atoms with Crippen molar-refractivity contribution >= 4 is 27.7 Å². The van der Waals surface area contributed by atoms with E-state index < -0.39 is 6.04 Å². The van der Waals surface area contributed by atoms with Crippen molar-refractivity contribution < 1.29 is 14.3 Å². The maximum Gasteiger partial charge on any atom is 0.242 e. The van der Waals surface area contributed by atoms with Gasteiger partial charge < -0.3 is 15.0 Å². The van der Waals surface area contributed by atoms with E-state index in [4.69, 9.17) is 4.74 Å². The minimum absolute atomic E-state index is 0.0535. The van der Waals surface area contributed by atoms with Crippen LogP contribution in [-0.2, 0) is 16.1 Å². The van der Waals surface area contributed by atoms with Crippen LogP contribution in [0.4, 0.5) is 0 Å². The molecule has 0 aliphatic heterocycles. The number of halogens is 1. The highest BCUT2D eigenvalue weighted by Crippen LogP contribution is 2.16. The Balaban J connectivity index is 1.99. The number of carbonyl (C=O) groups excluding carboxylic acids is 2. The fourth-order valence-electron chi connectivity index (χ4n) is 3.03. The highest BCUT2D eigenvalue weighted by atomic mass is 79.9. The van der Waals surface area contributed by atoms with Crippen molar-refractivity contribution in [2.75, 3.05) is 6.61 Å². The first-order valence-electron chi connectivity index (χ1n) is 10.8. The maximum atomic E-state index is 13.1. The molecule has 2 aromatic carbocycles. The molecule has 0 unspecified atom stereocenters. The maximum absolute atomic E-state index is 13.1. The molecule has 2 atom stereocenters. The van der Waals surface area contributed by atoms with Crippen molar-refractivity contribution in [2.45, 2.75) is 65.6 Å². The van der Waals surface area contributed by atoms with Crippen LogP contribution in [0.15, 0.2) is 53.0 Å². The number of ether oxygens (including phenoxy) is 1. The molecule has 1 N–H and O–H groups in total. The molecule has 0 bridgehead atoms. The summed E-state index contributed by atoms with van der Waals surface area (Å²) in [6, 6.07) is 15.2. The van der Waals surface area contributed by atoms with Crippen LogP contribution in [0.25, 0.3) is 0 Å². The molecule has 0 fully saturated rings. The van der Waals surface area contributed by atoms with Crippen LogP contribution in [-0.4, -0.2) is 35.4 Å². The predicted molar refractivity (Wildman–Crippen MR) is 128 cm³/mol. The average Bonchev–Trinajstić information content (AvgIpc) is 2.76. The molecule has 0 saturated carbocycles. The number of hydrogen-bond donors (Lipinski definition) is 1. The zero-order valence-electron chi connectivity index (χ0n) is 18.9. The van der Waals surface area contributed by atoms with E-state index in [9.17, 15) is 9.59 Å². The molecular weight excluding hydrogens is 456 g/mol. The number of hydrogen-bond acceptors (Lipinski definition) is 3. The summed E-state index contributed by atoms with van der Waals surface area (Å²) in [5.74, 6) is 0.615. The highest BCUT2D eigenvalue weighted by molar-refractivity contribution is 9.10. The van der Waals surface area contributed by atoms with Gasteiger partial charge in [-0.3, -0.25) is 9.59 Å². The zero-order chi connectivity index (χ0) is 22.8. The van der Waals surface area contributed by atoms with Gasteiger partial charge in [-0.25, -0.2) is 0 Å². The summed E-state index contributed by atoms with van der Waals surface area (Å²) >= 11 is 3.43. The molecule has 2 rings (SSSR count). The van der Waals surface area contributed by atoms with Gasteiger partial charge >= 0.3 is 0 Å². The third-order valence-corrected chi connectivity index (χ3v) is 5.79. The Kier molecular flexibility index (Phi) is 10.0. The lowest BCUT2D eigenvalue weighted by atomic mass is 10.1. The van der Waals surface area contributed by atoms with E-state index in [-0.39, 0.29) is 17.9 Å². The number of benzene rings is 2. The topological polar surface area (TPSA) is 58.6 Å². The van der Waals surface area contributed by atoms with Crippen LogP contribution in [0.5, 0.6) is 5.75 Å². The molecule has 0 radical (unpaired) electrons. The number of amides is 2. The Hall–Kier alpha value is -2.34. The van der Waals surface area contributed by atoms with Crippen LogP contribution in [0.3, 0.4) is 0 Å². The number of nitrogens with zero attached hydrogens (tertiary/aromatic N) is 1. The Morgan fingerprint density at radius 2 is 1.71 bits per heavy atom. The number of nitrogens with one attached hydrogen (secondary N) is 1. The Morgan fingerprint density at radius 1 is 1.06 bits per heavy atom. The van der Waals surface area contributed by atoms with Gasteiger partial charge in [-0.15, -0.1) is 0 Å². The van der Waals surface area contributed by atoms with Crippen LogP contribution in [0.1, 0.15) is 51.2 Å². The quantitative estimate of drug-likeness (QED) is 0.439. The molecule has 0 aliphatic rings. The van der Waals surface area contributed by atoms with Crippen molar-refractivity contribution in [3.63, 3.8) is 0 Å². The predicted octanol–water partition coefficient (Wildman–Crippen LogP) is 5.25. The Labute approximate surface area is 194 Å². The van der Waals surface area contributed by atoms with E-state index in [1.807, 2.05) is 69.3 Å². The average molecular weight is 489 g/mol. The van der Waals surface area contributed by atoms with Crippen LogP contribution in [0.2, 0.25) is 0 Å². The first-order chi connectivity index (χ1) is 14.8. The van der Waals surface area contributed by atoms with Gasteiger partial charge in [-0.05, 0) is 63.4 Å². The Bertz CT molecular complexity index is 837. The van der Waals surface area contributed by atoms with Crippen LogP contribution in [0, 0.1) is 6.92 Å². The first-order valence-corrected chi connectivity index (χ1v) is 11.6. The zero-order valence-corrected chi connectivity index (χ0v) is 20.4. The van der Waals surface area contributed by atoms with Crippen molar-refractivity contribution in [1.29, 1.82) is 0 Å². The van der Waals surface area contributed by atoms with Gasteiger partial charge in [-0.1, -0.05) is 52.7 Å². The minimum atomic E-state index is -0.553. The normalized spacial score (nSPS) is 12.7. The molecular formula is C25H33BrN2O3. The number of rotatable bonds is 11. The minimum Gasteiger partial charge on any atom is -0.494 e. The van der Waals surface area contributed by atoms with Gasteiger partial charge in [0.15, 0.2) is 0 Å². The van der Waals surface area contributed by atoms with E-state index in [1.54, 1.807) is 11.8 Å². The monoisotopic (exact) mass is 488 g/mol. The third kappa shape index (κ3) is 8.37. The molecule has 0 heterocycles. The van der Waals surface area contributed by atoms with Gasteiger partial charge in [0, 0.05) is 23.5 Å². The van der Waals surface area contributed by atoms with Crippen LogP contribution < -0.4 is 10.1 Å². The molecule has 0 aromatic heterocycles. The standard InChI is InChI=1S/C25H33BrN2O3/c1-5-19(3)27-25(30)20(4)28(17-21-10-12-22(26)13-11-21)24(29)7-6-16-31-23-14-8-18(2)9-15-23/h8-15,19-20H,5-7,16-17H2,1-4H3,(H,27,30)/t19-,20-/m1/s1.